The summed E-state index contributed by atoms with van der Waals surface area (Å²) in [5, 5.41) is 8.96. The average molecular weight is 403 g/mol. The molecule has 0 radical (unpaired) electrons. The number of carbonyl (C=O) groups excluding carboxylic acids is 2. The van der Waals surface area contributed by atoms with Crippen LogP contribution in [0.25, 0.3) is 4.85 Å². The van der Waals surface area contributed by atoms with E-state index in [0.29, 0.717) is 18.9 Å². The van der Waals surface area contributed by atoms with Crippen molar-refractivity contribution in [1.82, 2.24) is 0 Å². The molecule has 29 heavy (non-hydrogen) atoms. The molecule has 0 saturated carbocycles. The predicted molar refractivity (Wildman–Crippen MR) is 93.5 cm³/mol. The minimum atomic E-state index is -4.79. The van der Waals surface area contributed by atoms with Crippen LogP contribution in [-0.4, -0.2) is 23.0 Å². The lowest BCUT2D eigenvalue weighted by molar-refractivity contribution is -0.137. The Hall–Kier alpha value is -2.91. The molecule has 2 bridgehead atoms. The quantitative estimate of drug-likeness (QED) is 0.565. The van der Waals surface area contributed by atoms with E-state index < -0.39 is 52.3 Å². The van der Waals surface area contributed by atoms with Gasteiger partial charge in [0.05, 0.1) is 41.2 Å². The molecule has 0 aromatic heterocycles. The Bertz CT molecular complexity index is 1010. The van der Waals surface area contributed by atoms with Gasteiger partial charge in [0.25, 0.3) is 0 Å². The lowest BCUT2D eigenvalue weighted by atomic mass is 9.67. The van der Waals surface area contributed by atoms with Gasteiger partial charge in [-0.25, -0.2) is 9.74 Å². The predicted octanol–water partition coefficient (Wildman–Crippen LogP) is 3.99. The smallest absolute Gasteiger partial charge is 0.367 e. The first-order valence-corrected chi connectivity index (χ1v) is 9.12. The summed E-state index contributed by atoms with van der Waals surface area (Å²) >= 11 is 0. The van der Waals surface area contributed by atoms with Crippen LogP contribution in [0.3, 0.4) is 0 Å². The summed E-state index contributed by atoms with van der Waals surface area (Å²) in [6.45, 7) is 8.68. The molecule has 0 aliphatic carbocycles. The highest BCUT2D eigenvalue weighted by Gasteiger charge is 2.73. The van der Waals surface area contributed by atoms with Crippen LogP contribution < -0.4 is 4.90 Å². The fourth-order valence-electron chi connectivity index (χ4n) is 5.12. The Morgan fingerprint density at radius 1 is 1.31 bits per heavy atom. The number of amides is 2. The molecule has 3 aliphatic heterocycles. The van der Waals surface area contributed by atoms with E-state index in [1.165, 1.54) is 6.07 Å². The first-order chi connectivity index (χ1) is 13.6. The van der Waals surface area contributed by atoms with Gasteiger partial charge in [0, 0.05) is 12.1 Å². The first-order valence-electron chi connectivity index (χ1n) is 9.12. The number of ether oxygens (including phenoxy) is 1. The minimum absolute atomic E-state index is 0.151. The third kappa shape index (κ3) is 2.57. The van der Waals surface area contributed by atoms with Gasteiger partial charge in [-0.15, -0.1) is 0 Å². The fraction of sp³-hybridized carbons (Fsp3) is 0.500. The van der Waals surface area contributed by atoms with E-state index in [-0.39, 0.29) is 18.5 Å². The van der Waals surface area contributed by atoms with E-state index >= 15 is 0 Å². The van der Waals surface area contributed by atoms with Crippen molar-refractivity contribution in [2.24, 2.45) is 11.8 Å². The number of imide groups is 1. The molecule has 4 atom stereocenters. The lowest BCUT2D eigenvalue weighted by Crippen LogP contribution is -2.42. The van der Waals surface area contributed by atoms with Gasteiger partial charge in [0.1, 0.15) is 0 Å². The molecule has 3 heterocycles. The van der Waals surface area contributed by atoms with Gasteiger partial charge in [0.15, 0.2) is 5.69 Å². The van der Waals surface area contributed by atoms with Crippen LogP contribution in [0.2, 0.25) is 0 Å². The Labute approximate surface area is 164 Å². The zero-order chi connectivity index (χ0) is 21.2. The maximum absolute atomic E-state index is 13.3. The number of nitriles is 1. The number of hydrogen-bond donors (Lipinski definition) is 0. The molecule has 0 N–H and O–H groups in total. The van der Waals surface area contributed by atoms with Crippen molar-refractivity contribution in [3.63, 3.8) is 0 Å². The molecule has 1 aromatic carbocycles. The van der Waals surface area contributed by atoms with Crippen molar-refractivity contribution in [3.05, 3.63) is 35.2 Å². The lowest BCUT2D eigenvalue weighted by Gasteiger charge is -2.30. The number of hydrogen-bond acceptors (Lipinski definition) is 4. The van der Waals surface area contributed by atoms with Crippen LogP contribution in [0.5, 0.6) is 0 Å². The normalized spacial score (nSPS) is 33.0. The van der Waals surface area contributed by atoms with Crippen LogP contribution in [-0.2, 0) is 20.5 Å². The summed E-state index contributed by atoms with van der Waals surface area (Å²) < 4.78 is 46.1. The number of fused-ring (bicyclic) bond motifs is 5. The molecule has 3 aliphatic rings. The molecule has 3 saturated heterocycles. The molecular weight excluding hydrogens is 387 g/mol. The fourth-order valence-corrected chi connectivity index (χ4v) is 5.12. The van der Waals surface area contributed by atoms with Crippen molar-refractivity contribution in [2.75, 3.05) is 4.90 Å². The van der Waals surface area contributed by atoms with Gasteiger partial charge in [-0.3, -0.25) is 9.59 Å². The zero-order valence-corrected chi connectivity index (χ0v) is 15.4. The van der Waals surface area contributed by atoms with Crippen molar-refractivity contribution in [1.29, 1.82) is 5.26 Å². The molecule has 150 valence electrons. The Balaban J connectivity index is 1.78. The van der Waals surface area contributed by atoms with Crippen molar-refractivity contribution in [3.8, 4) is 6.07 Å². The van der Waals surface area contributed by atoms with Crippen molar-refractivity contribution >= 4 is 23.2 Å². The van der Waals surface area contributed by atoms with Crippen LogP contribution in [0.4, 0.5) is 24.5 Å². The highest BCUT2D eigenvalue weighted by molar-refractivity contribution is 6.23. The number of carbonyl (C=O) groups is 2. The van der Waals surface area contributed by atoms with Gasteiger partial charge in [-0.1, -0.05) is 6.07 Å². The van der Waals surface area contributed by atoms with Gasteiger partial charge < -0.3 is 4.74 Å². The van der Waals surface area contributed by atoms with Crippen LogP contribution >= 0.6 is 0 Å². The third-order valence-electron chi connectivity index (χ3n) is 6.34. The van der Waals surface area contributed by atoms with E-state index in [4.69, 9.17) is 16.6 Å². The number of alkyl halides is 3. The number of rotatable bonds is 3. The molecule has 3 fully saturated rings. The first kappa shape index (κ1) is 19.4. The van der Waals surface area contributed by atoms with Crippen LogP contribution in [0.1, 0.15) is 38.2 Å². The summed E-state index contributed by atoms with van der Waals surface area (Å²) in [6, 6.07) is 4.86. The summed E-state index contributed by atoms with van der Waals surface area (Å²) in [7, 11) is 0. The SMILES string of the molecule is [C-]#[N+]c1ccc(N2C(=O)[C@@H]3[C@H](C2=O)C2(C)CCC3(CCC#N)O2)cc1C(F)(F)F. The van der Waals surface area contributed by atoms with E-state index in [1.54, 1.807) is 6.92 Å². The topological polar surface area (TPSA) is 74.8 Å². The van der Waals surface area contributed by atoms with Crippen LogP contribution in [0, 0.1) is 29.7 Å². The molecule has 2 amide bonds. The Morgan fingerprint density at radius 3 is 2.62 bits per heavy atom. The molecule has 1 aromatic rings. The number of benzene rings is 1. The maximum atomic E-state index is 13.3. The largest absolute Gasteiger partial charge is 0.407 e. The highest BCUT2D eigenvalue weighted by Crippen LogP contribution is 2.62. The van der Waals surface area contributed by atoms with Crippen LogP contribution in [0.15, 0.2) is 18.2 Å². The summed E-state index contributed by atoms with van der Waals surface area (Å²) in [6.07, 6.45) is -3.30. The third-order valence-corrected chi connectivity index (χ3v) is 6.34. The molecule has 6 nitrogen and oxygen atoms in total. The second kappa shape index (κ2) is 6.04. The average Bonchev–Trinajstić information content (AvgIpc) is 3.24. The number of anilines is 1. The molecular formula is C20H16F3N3O3. The molecule has 0 spiro atoms. The standard InChI is InChI=1S/C20H16F3N3O3/c1-18-7-8-19(29-18,6-3-9-24)15-14(18)16(27)26(17(15)28)11-4-5-13(25-2)12(10-11)20(21,22)23/h4-5,10,14-15H,3,6-8H2,1H3/t14-,15+,18?,19?/m1/s1. The van der Waals surface area contributed by atoms with E-state index in [1.807, 2.05) is 6.07 Å². The van der Waals surface area contributed by atoms with Gasteiger partial charge in [-0.2, -0.15) is 18.4 Å². The number of halogens is 3. The summed E-state index contributed by atoms with van der Waals surface area (Å²) in [4.78, 5) is 30.0. The minimum Gasteiger partial charge on any atom is -0.367 e. The summed E-state index contributed by atoms with van der Waals surface area (Å²) in [5.74, 6) is -2.82. The monoisotopic (exact) mass is 403 g/mol. The molecule has 4 rings (SSSR count). The van der Waals surface area contributed by atoms with E-state index in [0.717, 1.165) is 11.0 Å². The number of nitrogens with zero attached hydrogens (tertiary/aromatic N) is 3. The maximum Gasteiger partial charge on any atom is 0.407 e. The van der Waals surface area contributed by atoms with Gasteiger partial charge in [-0.05, 0) is 38.3 Å². The van der Waals surface area contributed by atoms with E-state index in [9.17, 15) is 22.8 Å². The van der Waals surface area contributed by atoms with Gasteiger partial charge >= 0.3 is 6.18 Å². The van der Waals surface area contributed by atoms with Crippen molar-refractivity contribution in [2.45, 2.75) is 50.0 Å². The Morgan fingerprint density at radius 2 is 2.00 bits per heavy atom. The highest BCUT2D eigenvalue weighted by atomic mass is 19.4. The second-order valence-electron chi connectivity index (χ2n) is 7.92. The molecule has 2 unspecified atom stereocenters. The van der Waals surface area contributed by atoms with Gasteiger partial charge in [0.2, 0.25) is 11.8 Å². The second-order valence-corrected chi connectivity index (χ2v) is 7.92. The van der Waals surface area contributed by atoms with E-state index in [2.05, 4.69) is 4.85 Å². The Kier molecular flexibility index (Phi) is 4.04. The van der Waals surface area contributed by atoms with Crippen molar-refractivity contribution < 1.29 is 27.5 Å². The molecule has 9 heteroatoms. The summed E-state index contributed by atoms with van der Waals surface area (Å²) in [5.41, 5.74) is -3.81. The zero-order valence-electron chi connectivity index (χ0n) is 15.4.